The zero-order valence-electron chi connectivity index (χ0n) is 11.5. The molecule has 0 saturated heterocycles. The Morgan fingerprint density at radius 3 is 3.05 bits per heavy atom. The molecule has 0 aliphatic heterocycles. The Labute approximate surface area is 114 Å². The van der Waals surface area contributed by atoms with Gasteiger partial charge in [-0.05, 0) is 19.3 Å². The predicted octanol–water partition coefficient (Wildman–Crippen LogP) is 2.37. The van der Waals surface area contributed by atoms with E-state index in [0.29, 0.717) is 18.4 Å². The van der Waals surface area contributed by atoms with Crippen LogP contribution < -0.4 is 10.1 Å². The van der Waals surface area contributed by atoms with Gasteiger partial charge >= 0.3 is 0 Å². The predicted molar refractivity (Wildman–Crippen MR) is 74.3 cm³/mol. The Morgan fingerprint density at radius 2 is 2.21 bits per heavy atom. The monoisotopic (exact) mass is 265 g/mol. The van der Waals surface area contributed by atoms with E-state index in [9.17, 15) is 5.11 Å². The van der Waals surface area contributed by atoms with Crippen LogP contribution in [0.1, 0.15) is 45.4 Å². The fourth-order valence-corrected chi connectivity index (χ4v) is 2.32. The van der Waals surface area contributed by atoms with Crippen molar-refractivity contribution in [1.82, 2.24) is 9.97 Å². The van der Waals surface area contributed by atoms with Crippen LogP contribution in [-0.2, 0) is 0 Å². The smallest absolute Gasteiger partial charge is 0.226 e. The maximum absolute atomic E-state index is 10.1. The molecular weight excluding hydrogens is 242 g/mol. The van der Waals surface area contributed by atoms with Crippen molar-refractivity contribution in [2.75, 3.05) is 11.9 Å². The molecule has 5 heteroatoms. The molecule has 106 valence electrons. The van der Waals surface area contributed by atoms with Crippen molar-refractivity contribution in [3.05, 3.63) is 12.3 Å². The van der Waals surface area contributed by atoms with E-state index in [-0.39, 0.29) is 12.1 Å². The van der Waals surface area contributed by atoms with Crippen LogP contribution in [0.2, 0.25) is 0 Å². The number of ether oxygens (including phenoxy) is 1. The first kappa shape index (κ1) is 14.1. The van der Waals surface area contributed by atoms with Gasteiger partial charge in [0.1, 0.15) is 0 Å². The molecule has 0 amide bonds. The molecule has 1 aliphatic carbocycles. The summed E-state index contributed by atoms with van der Waals surface area (Å²) in [6.45, 7) is 2.71. The zero-order chi connectivity index (χ0) is 13.5. The van der Waals surface area contributed by atoms with E-state index in [4.69, 9.17) is 4.74 Å². The van der Waals surface area contributed by atoms with E-state index in [1.54, 1.807) is 12.3 Å². The van der Waals surface area contributed by atoms with Crippen molar-refractivity contribution in [1.29, 1.82) is 0 Å². The molecule has 1 saturated carbocycles. The van der Waals surface area contributed by atoms with Crippen LogP contribution in [0.25, 0.3) is 0 Å². The van der Waals surface area contributed by atoms with Gasteiger partial charge in [-0.25, -0.2) is 4.98 Å². The van der Waals surface area contributed by atoms with Crippen molar-refractivity contribution >= 4 is 5.95 Å². The molecule has 2 N–H and O–H groups in total. The highest BCUT2D eigenvalue weighted by Gasteiger charge is 2.22. The zero-order valence-corrected chi connectivity index (χ0v) is 11.5. The fourth-order valence-electron chi connectivity index (χ4n) is 2.32. The van der Waals surface area contributed by atoms with Crippen LogP contribution in [0.4, 0.5) is 5.95 Å². The molecule has 5 nitrogen and oxygen atoms in total. The quantitative estimate of drug-likeness (QED) is 0.800. The highest BCUT2D eigenvalue weighted by atomic mass is 16.5. The average Bonchev–Trinajstić information content (AvgIpc) is 2.62. The highest BCUT2D eigenvalue weighted by Crippen LogP contribution is 2.21. The molecule has 2 unspecified atom stereocenters. The fraction of sp³-hybridized carbons (Fsp3) is 0.714. The summed E-state index contributed by atoms with van der Waals surface area (Å²) in [5.74, 6) is 1.13. The SMILES string of the molecule is CCCOc1ccnc(NC2CCCCCC2O)n1. The largest absolute Gasteiger partial charge is 0.478 e. The number of rotatable bonds is 5. The highest BCUT2D eigenvalue weighted by molar-refractivity contribution is 5.29. The van der Waals surface area contributed by atoms with E-state index in [0.717, 1.165) is 32.1 Å². The van der Waals surface area contributed by atoms with Crippen LogP contribution in [0.3, 0.4) is 0 Å². The van der Waals surface area contributed by atoms with Crippen molar-refractivity contribution in [2.45, 2.75) is 57.6 Å². The first-order chi connectivity index (χ1) is 9.29. The molecule has 0 bridgehead atoms. The van der Waals surface area contributed by atoms with Crippen LogP contribution in [0.5, 0.6) is 5.88 Å². The van der Waals surface area contributed by atoms with Crippen LogP contribution in [-0.4, -0.2) is 33.8 Å². The van der Waals surface area contributed by atoms with E-state index in [1.807, 2.05) is 0 Å². The number of hydrogen-bond acceptors (Lipinski definition) is 5. The van der Waals surface area contributed by atoms with E-state index in [2.05, 4.69) is 22.2 Å². The summed E-state index contributed by atoms with van der Waals surface area (Å²) in [5.41, 5.74) is 0. The Balaban J connectivity index is 1.97. The molecule has 1 aromatic heterocycles. The van der Waals surface area contributed by atoms with Crippen molar-refractivity contribution in [3.8, 4) is 5.88 Å². The van der Waals surface area contributed by atoms with Crippen molar-refractivity contribution in [3.63, 3.8) is 0 Å². The standard InChI is InChI=1S/C14H23N3O2/c1-2-10-19-13-8-9-15-14(17-13)16-11-6-4-3-5-7-12(11)18/h8-9,11-12,18H,2-7,10H2,1H3,(H,15,16,17). The van der Waals surface area contributed by atoms with Gasteiger partial charge in [0.25, 0.3) is 0 Å². The lowest BCUT2D eigenvalue weighted by Gasteiger charge is -2.21. The lowest BCUT2D eigenvalue weighted by atomic mass is 10.1. The average molecular weight is 265 g/mol. The lowest BCUT2D eigenvalue weighted by Crippen LogP contribution is -2.33. The van der Waals surface area contributed by atoms with Gasteiger partial charge in [-0.1, -0.05) is 26.2 Å². The van der Waals surface area contributed by atoms with Crippen LogP contribution in [0, 0.1) is 0 Å². The summed E-state index contributed by atoms with van der Waals surface area (Å²) in [4.78, 5) is 8.51. The summed E-state index contributed by atoms with van der Waals surface area (Å²) in [5, 5.41) is 13.3. The number of nitrogens with zero attached hydrogens (tertiary/aromatic N) is 2. The summed E-state index contributed by atoms with van der Waals surface area (Å²) in [7, 11) is 0. The maximum Gasteiger partial charge on any atom is 0.226 e. The molecule has 0 radical (unpaired) electrons. The molecule has 19 heavy (non-hydrogen) atoms. The normalized spacial score (nSPS) is 23.7. The molecule has 0 spiro atoms. The van der Waals surface area contributed by atoms with Crippen molar-refractivity contribution < 1.29 is 9.84 Å². The maximum atomic E-state index is 10.1. The molecule has 1 aromatic rings. The van der Waals surface area contributed by atoms with Gasteiger partial charge in [0.15, 0.2) is 0 Å². The number of aromatic nitrogens is 2. The second kappa shape index (κ2) is 7.28. The van der Waals surface area contributed by atoms with E-state index in [1.165, 1.54) is 6.42 Å². The van der Waals surface area contributed by atoms with Crippen LogP contribution >= 0.6 is 0 Å². The van der Waals surface area contributed by atoms with Gasteiger partial charge < -0.3 is 15.2 Å². The topological polar surface area (TPSA) is 67.3 Å². The number of aliphatic hydroxyl groups excluding tert-OH is 1. The number of anilines is 1. The number of hydrogen-bond donors (Lipinski definition) is 2. The summed E-state index contributed by atoms with van der Waals surface area (Å²) >= 11 is 0. The third-order valence-electron chi connectivity index (χ3n) is 3.38. The molecular formula is C14H23N3O2. The summed E-state index contributed by atoms with van der Waals surface area (Å²) in [6, 6.07) is 1.80. The van der Waals surface area contributed by atoms with Gasteiger partial charge in [0.05, 0.1) is 18.8 Å². The van der Waals surface area contributed by atoms with Gasteiger partial charge in [0, 0.05) is 12.3 Å². The molecule has 1 fully saturated rings. The van der Waals surface area contributed by atoms with Gasteiger partial charge in [0.2, 0.25) is 11.8 Å². The van der Waals surface area contributed by atoms with E-state index >= 15 is 0 Å². The summed E-state index contributed by atoms with van der Waals surface area (Å²) in [6.07, 6.45) is 7.56. The van der Waals surface area contributed by atoms with Crippen LogP contribution in [0.15, 0.2) is 12.3 Å². The van der Waals surface area contributed by atoms with Gasteiger partial charge in [-0.3, -0.25) is 0 Å². The molecule has 2 atom stereocenters. The van der Waals surface area contributed by atoms with Gasteiger partial charge in [-0.2, -0.15) is 4.98 Å². The molecule has 2 rings (SSSR count). The number of aliphatic hydroxyl groups is 1. The Morgan fingerprint density at radius 1 is 1.37 bits per heavy atom. The second-order valence-corrected chi connectivity index (χ2v) is 5.02. The Kier molecular flexibility index (Phi) is 5.39. The van der Waals surface area contributed by atoms with E-state index < -0.39 is 0 Å². The minimum atomic E-state index is -0.314. The van der Waals surface area contributed by atoms with Gasteiger partial charge in [-0.15, -0.1) is 0 Å². The number of nitrogens with one attached hydrogen (secondary N) is 1. The Bertz CT molecular complexity index is 387. The third-order valence-corrected chi connectivity index (χ3v) is 3.38. The summed E-state index contributed by atoms with van der Waals surface area (Å²) < 4.78 is 5.48. The second-order valence-electron chi connectivity index (χ2n) is 5.02. The molecule has 1 aliphatic rings. The molecule has 0 aromatic carbocycles. The minimum Gasteiger partial charge on any atom is -0.478 e. The first-order valence-electron chi connectivity index (χ1n) is 7.20. The van der Waals surface area contributed by atoms with Crippen molar-refractivity contribution in [2.24, 2.45) is 0 Å². The Hall–Kier alpha value is -1.36. The minimum absolute atomic E-state index is 0.0453. The first-order valence-corrected chi connectivity index (χ1v) is 7.20. The molecule has 1 heterocycles. The third kappa shape index (κ3) is 4.35. The lowest BCUT2D eigenvalue weighted by molar-refractivity contribution is 0.144.